The number of aliphatic carboxylic acids is 1. The lowest BCUT2D eigenvalue weighted by Gasteiger charge is -2.11. The van der Waals surface area contributed by atoms with Gasteiger partial charge in [0.25, 0.3) is 0 Å². The number of para-hydroxylation sites is 1. The highest BCUT2D eigenvalue weighted by molar-refractivity contribution is 9.10. The van der Waals surface area contributed by atoms with Crippen molar-refractivity contribution in [2.24, 2.45) is 0 Å². The van der Waals surface area contributed by atoms with Crippen molar-refractivity contribution in [3.8, 4) is 5.75 Å². The fourth-order valence-corrected chi connectivity index (χ4v) is 2.32. The molecule has 108 valence electrons. The van der Waals surface area contributed by atoms with Gasteiger partial charge < -0.3 is 9.84 Å². The molecular formula is C16H14BrNO3. The molecule has 4 nitrogen and oxygen atoms in total. The molecule has 2 aromatic rings. The molecule has 1 N–H and O–H groups in total. The lowest BCUT2D eigenvalue weighted by molar-refractivity contribution is -0.131. The van der Waals surface area contributed by atoms with Crippen molar-refractivity contribution >= 4 is 28.0 Å². The van der Waals surface area contributed by atoms with Crippen LogP contribution in [0.15, 0.2) is 47.2 Å². The molecule has 0 amide bonds. The summed E-state index contributed by atoms with van der Waals surface area (Å²) in [5.74, 6) is -0.389. The molecule has 21 heavy (non-hydrogen) atoms. The molecule has 0 unspecified atom stereocenters. The number of nitrogens with zero attached hydrogens (tertiary/aromatic N) is 1. The standard InChI is InChI=1S/C16H14BrNO3/c1-11-7-12(9-18-8-11)10-21-16-13(5-6-15(19)20)3-2-4-14(16)17/h2-9H,10H2,1H3,(H,19,20)/b6-5+. The molecular weight excluding hydrogens is 334 g/mol. The van der Waals surface area contributed by atoms with Crippen LogP contribution >= 0.6 is 15.9 Å². The highest BCUT2D eigenvalue weighted by atomic mass is 79.9. The van der Waals surface area contributed by atoms with Crippen LogP contribution in [0.25, 0.3) is 6.08 Å². The minimum absolute atomic E-state index is 0.366. The molecule has 0 saturated carbocycles. The van der Waals surface area contributed by atoms with Gasteiger partial charge in [-0.2, -0.15) is 0 Å². The summed E-state index contributed by atoms with van der Waals surface area (Å²) in [4.78, 5) is 14.8. The van der Waals surface area contributed by atoms with Gasteiger partial charge in [-0.1, -0.05) is 12.1 Å². The third kappa shape index (κ3) is 4.43. The molecule has 0 bridgehead atoms. The van der Waals surface area contributed by atoms with Gasteiger partial charge in [0.05, 0.1) is 4.47 Å². The van der Waals surface area contributed by atoms with Gasteiger partial charge in [0, 0.05) is 29.6 Å². The van der Waals surface area contributed by atoms with Gasteiger partial charge in [0.15, 0.2) is 0 Å². The molecule has 0 spiro atoms. The number of halogens is 1. The number of aryl methyl sites for hydroxylation is 1. The first-order valence-corrected chi connectivity index (χ1v) is 7.08. The minimum atomic E-state index is -0.996. The maximum atomic E-state index is 10.6. The smallest absolute Gasteiger partial charge is 0.328 e. The maximum Gasteiger partial charge on any atom is 0.328 e. The lowest BCUT2D eigenvalue weighted by Crippen LogP contribution is -1.99. The first kappa shape index (κ1) is 15.3. The Morgan fingerprint density at radius 1 is 1.43 bits per heavy atom. The van der Waals surface area contributed by atoms with Crippen LogP contribution in [-0.2, 0) is 11.4 Å². The second-order valence-corrected chi connectivity index (χ2v) is 5.34. The van der Waals surface area contributed by atoms with E-state index in [9.17, 15) is 4.79 Å². The topological polar surface area (TPSA) is 59.4 Å². The van der Waals surface area contributed by atoms with Crippen LogP contribution in [0.1, 0.15) is 16.7 Å². The average Bonchev–Trinajstić information content (AvgIpc) is 2.44. The number of carboxylic acids is 1. The molecule has 2 rings (SSSR count). The van der Waals surface area contributed by atoms with E-state index >= 15 is 0 Å². The summed E-state index contributed by atoms with van der Waals surface area (Å²) in [6, 6.07) is 7.47. The van der Waals surface area contributed by atoms with Gasteiger partial charge in [-0.15, -0.1) is 0 Å². The summed E-state index contributed by atoms with van der Waals surface area (Å²) in [6.07, 6.45) is 6.12. The summed E-state index contributed by atoms with van der Waals surface area (Å²) in [7, 11) is 0. The van der Waals surface area contributed by atoms with Crippen LogP contribution in [-0.4, -0.2) is 16.1 Å². The predicted molar refractivity (Wildman–Crippen MR) is 84.1 cm³/mol. The Labute approximate surface area is 131 Å². The van der Waals surface area contributed by atoms with Crippen molar-refractivity contribution in [1.29, 1.82) is 0 Å². The van der Waals surface area contributed by atoms with Crippen molar-refractivity contribution in [1.82, 2.24) is 4.98 Å². The molecule has 0 aliphatic carbocycles. The van der Waals surface area contributed by atoms with E-state index in [1.807, 2.05) is 25.1 Å². The fourth-order valence-electron chi connectivity index (χ4n) is 1.82. The molecule has 0 atom stereocenters. The van der Waals surface area contributed by atoms with Gasteiger partial charge >= 0.3 is 5.97 Å². The lowest BCUT2D eigenvalue weighted by atomic mass is 10.2. The Morgan fingerprint density at radius 3 is 2.95 bits per heavy atom. The van der Waals surface area contributed by atoms with Crippen LogP contribution in [0.3, 0.4) is 0 Å². The zero-order valence-corrected chi connectivity index (χ0v) is 13.0. The van der Waals surface area contributed by atoms with Crippen molar-refractivity contribution in [3.63, 3.8) is 0 Å². The van der Waals surface area contributed by atoms with E-state index in [1.54, 1.807) is 18.5 Å². The Balaban J connectivity index is 2.20. The minimum Gasteiger partial charge on any atom is -0.487 e. The Bertz CT molecular complexity index is 683. The van der Waals surface area contributed by atoms with E-state index in [0.717, 1.165) is 21.7 Å². The number of carbonyl (C=O) groups is 1. The molecule has 0 aliphatic rings. The summed E-state index contributed by atoms with van der Waals surface area (Å²) in [6.45, 7) is 2.33. The number of ether oxygens (including phenoxy) is 1. The molecule has 0 radical (unpaired) electrons. The van der Waals surface area contributed by atoms with Crippen LogP contribution in [0.5, 0.6) is 5.75 Å². The number of aromatic nitrogens is 1. The molecule has 1 aromatic carbocycles. The Hall–Kier alpha value is -2.14. The summed E-state index contributed by atoms with van der Waals surface area (Å²) < 4.78 is 6.58. The number of benzene rings is 1. The van der Waals surface area contributed by atoms with Crippen molar-refractivity contribution in [2.75, 3.05) is 0 Å². The summed E-state index contributed by atoms with van der Waals surface area (Å²) in [5.41, 5.74) is 2.72. The highest BCUT2D eigenvalue weighted by Gasteiger charge is 2.07. The highest BCUT2D eigenvalue weighted by Crippen LogP contribution is 2.30. The van der Waals surface area contributed by atoms with Crippen molar-refractivity contribution < 1.29 is 14.6 Å². The van der Waals surface area contributed by atoms with Gasteiger partial charge in [0.1, 0.15) is 12.4 Å². The predicted octanol–water partition coefficient (Wildman–Crippen LogP) is 3.83. The van der Waals surface area contributed by atoms with E-state index in [0.29, 0.717) is 17.9 Å². The molecule has 0 saturated heterocycles. The molecule has 1 aromatic heterocycles. The van der Waals surface area contributed by atoms with Gasteiger partial charge in [0.2, 0.25) is 0 Å². The zero-order chi connectivity index (χ0) is 15.2. The summed E-state index contributed by atoms with van der Waals surface area (Å²) >= 11 is 3.42. The average molecular weight is 348 g/mol. The number of pyridine rings is 1. The van der Waals surface area contributed by atoms with Crippen LogP contribution in [0, 0.1) is 6.92 Å². The largest absolute Gasteiger partial charge is 0.487 e. The second kappa shape index (κ2) is 7.04. The Morgan fingerprint density at radius 2 is 2.24 bits per heavy atom. The Kier molecular flexibility index (Phi) is 5.11. The fraction of sp³-hybridized carbons (Fsp3) is 0.125. The van der Waals surface area contributed by atoms with Gasteiger partial charge in [-0.3, -0.25) is 4.98 Å². The van der Waals surface area contributed by atoms with E-state index in [-0.39, 0.29) is 0 Å². The molecule has 5 heteroatoms. The van der Waals surface area contributed by atoms with Crippen LogP contribution in [0.2, 0.25) is 0 Å². The maximum absolute atomic E-state index is 10.6. The second-order valence-electron chi connectivity index (χ2n) is 4.49. The van der Waals surface area contributed by atoms with Crippen molar-refractivity contribution in [2.45, 2.75) is 13.5 Å². The first-order valence-electron chi connectivity index (χ1n) is 6.29. The van der Waals surface area contributed by atoms with Crippen LogP contribution in [0.4, 0.5) is 0 Å². The number of hydrogen-bond donors (Lipinski definition) is 1. The third-order valence-corrected chi connectivity index (χ3v) is 3.34. The van der Waals surface area contributed by atoms with Gasteiger partial charge in [-0.25, -0.2) is 4.79 Å². The molecule has 1 heterocycles. The van der Waals surface area contributed by atoms with Crippen LogP contribution < -0.4 is 4.74 Å². The van der Waals surface area contributed by atoms with Gasteiger partial charge in [-0.05, 0) is 46.6 Å². The zero-order valence-electron chi connectivity index (χ0n) is 11.4. The molecule has 0 aliphatic heterocycles. The van der Waals surface area contributed by atoms with E-state index in [2.05, 4.69) is 20.9 Å². The van der Waals surface area contributed by atoms with E-state index in [1.165, 1.54) is 6.08 Å². The van der Waals surface area contributed by atoms with E-state index in [4.69, 9.17) is 9.84 Å². The SMILES string of the molecule is Cc1cncc(COc2c(Br)cccc2/C=C/C(=O)O)c1. The quantitative estimate of drug-likeness (QED) is 0.835. The van der Waals surface area contributed by atoms with Crippen molar-refractivity contribution in [3.05, 3.63) is 63.9 Å². The number of rotatable bonds is 5. The van der Waals surface area contributed by atoms with E-state index < -0.39 is 5.97 Å². The molecule has 0 fully saturated rings. The normalized spacial score (nSPS) is 10.8. The first-order chi connectivity index (χ1) is 10.1. The summed E-state index contributed by atoms with van der Waals surface area (Å²) in [5, 5.41) is 8.73. The number of carboxylic acid groups (broad SMARTS) is 1. The number of hydrogen-bond acceptors (Lipinski definition) is 3. The third-order valence-electron chi connectivity index (χ3n) is 2.72. The monoisotopic (exact) mass is 347 g/mol.